The molecule has 1 heterocycles. The maximum atomic E-state index is 5.35. The fourth-order valence-electron chi connectivity index (χ4n) is 3.33. The Labute approximate surface area is 136 Å². The van der Waals surface area contributed by atoms with Crippen molar-refractivity contribution in [1.82, 2.24) is 5.32 Å². The summed E-state index contributed by atoms with van der Waals surface area (Å²) in [5.41, 5.74) is 1.30. The summed E-state index contributed by atoms with van der Waals surface area (Å²) in [6.45, 7) is 6.83. The summed E-state index contributed by atoms with van der Waals surface area (Å²) < 4.78 is 6.39. The van der Waals surface area contributed by atoms with Crippen LogP contribution in [0, 0.1) is 11.8 Å². The summed E-state index contributed by atoms with van der Waals surface area (Å²) >= 11 is 3.62. The second-order valence-electron chi connectivity index (χ2n) is 6.63. The van der Waals surface area contributed by atoms with Gasteiger partial charge in [-0.05, 0) is 58.8 Å². The highest BCUT2D eigenvalue weighted by atomic mass is 79.9. The number of piperazine rings is 1. The molecule has 2 atom stereocenters. The van der Waals surface area contributed by atoms with E-state index in [9.17, 15) is 0 Å². The lowest BCUT2D eigenvalue weighted by molar-refractivity contribution is 0.320. The molecule has 1 saturated carbocycles. The number of methoxy groups -OCH3 is 1. The lowest BCUT2D eigenvalue weighted by atomic mass is 9.96. The summed E-state index contributed by atoms with van der Waals surface area (Å²) in [6.07, 6.45) is 2.79. The van der Waals surface area contributed by atoms with E-state index in [1.54, 1.807) is 7.11 Å². The SMILES string of the molecule is COc1ccc(N2CC(C3CC3)NCC2C(C)C)cc1Br. The predicted molar refractivity (Wildman–Crippen MR) is 91.2 cm³/mol. The first-order chi connectivity index (χ1) is 10.1. The zero-order chi connectivity index (χ0) is 15.0. The molecule has 1 aromatic rings. The number of hydrogen-bond acceptors (Lipinski definition) is 3. The van der Waals surface area contributed by atoms with Crippen LogP contribution in [0.5, 0.6) is 5.75 Å². The van der Waals surface area contributed by atoms with Crippen molar-refractivity contribution in [1.29, 1.82) is 0 Å². The van der Waals surface area contributed by atoms with Gasteiger partial charge in [-0.2, -0.15) is 0 Å². The first-order valence-electron chi connectivity index (χ1n) is 7.93. The molecule has 0 aromatic heterocycles. The van der Waals surface area contributed by atoms with E-state index in [-0.39, 0.29) is 0 Å². The van der Waals surface area contributed by atoms with Crippen molar-refractivity contribution in [3.63, 3.8) is 0 Å². The molecule has 4 heteroatoms. The number of rotatable bonds is 4. The Balaban J connectivity index is 1.85. The third kappa shape index (κ3) is 3.21. The van der Waals surface area contributed by atoms with Crippen LogP contribution in [-0.2, 0) is 0 Å². The molecule has 1 saturated heterocycles. The van der Waals surface area contributed by atoms with Gasteiger partial charge >= 0.3 is 0 Å². The third-order valence-corrected chi connectivity index (χ3v) is 5.43. The molecule has 0 bridgehead atoms. The van der Waals surface area contributed by atoms with Crippen LogP contribution in [0.4, 0.5) is 5.69 Å². The molecule has 1 aliphatic carbocycles. The standard InChI is InChI=1S/C17H25BrN2O/c1-11(2)16-9-19-15(12-4-5-12)10-20(16)13-6-7-17(21-3)14(18)8-13/h6-8,11-12,15-16,19H,4-5,9-10H2,1-3H3. The minimum atomic E-state index is 0.556. The number of ether oxygens (including phenoxy) is 1. The molecule has 1 N–H and O–H groups in total. The molecule has 1 aliphatic heterocycles. The van der Waals surface area contributed by atoms with Gasteiger partial charge in [-0.3, -0.25) is 0 Å². The van der Waals surface area contributed by atoms with Gasteiger partial charge in [-0.15, -0.1) is 0 Å². The van der Waals surface area contributed by atoms with Crippen LogP contribution in [0.2, 0.25) is 0 Å². The molecule has 3 nitrogen and oxygen atoms in total. The average molecular weight is 353 g/mol. The van der Waals surface area contributed by atoms with Gasteiger partial charge < -0.3 is 15.0 Å². The van der Waals surface area contributed by atoms with Gasteiger partial charge in [-0.25, -0.2) is 0 Å². The van der Waals surface area contributed by atoms with Crippen molar-refractivity contribution < 1.29 is 4.74 Å². The smallest absolute Gasteiger partial charge is 0.133 e. The molecule has 21 heavy (non-hydrogen) atoms. The van der Waals surface area contributed by atoms with Crippen molar-refractivity contribution >= 4 is 21.6 Å². The number of anilines is 1. The molecule has 2 aliphatic rings. The van der Waals surface area contributed by atoms with Gasteiger partial charge in [0, 0.05) is 30.9 Å². The first-order valence-corrected chi connectivity index (χ1v) is 8.73. The number of benzene rings is 1. The highest BCUT2D eigenvalue weighted by molar-refractivity contribution is 9.10. The molecule has 2 fully saturated rings. The molecule has 2 unspecified atom stereocenters. The van der Waals surface area contributed by atoms with Gasteiger partial charge in [-0.1, -0.05) is 13.8 Å². The normalized spacial score (nSPS) is 26.2. The maximum absolute atomic E-state index is 5.35. The lowest BCUT2D eigenvalue weighted by Gasteiger charge is -2.44. The van der Waals surface area contributed by atoms with Gasteiger partial charge in [0.25, 0.3) is 0 Å². The molecular weight excluding hydrogens is 328 g/mol. The van der Waals surface area contributed by atoms with E-state index in [0.29, 0.717) is 18.0 Å². The number of halogens is 1. The van der Waals surface area contributed by atoms with E-state index in [1.807, 2.05) is 0 Å². The number of hydrogen-bond donors (Lipinski definition) is 1. The second-order valence-corrected chi connectivity index (χ2v) is 7.49. The Morgan fingerprint density at radius 2 is 2.10 bits per heavy atom. The van der Waals surface area contributed by atoms with Crippen LogP contribution >= 0.6 is 15.9 Å². The van der Waals surface area contributed by atoms with Crippen molar-refractivity contribution in [2.45, 2.75) is 38.8 Å². The first kappa shape index (κ1) is 15.2. The molecular formula is C17H25BrN2O. The van der Waals surface area contributed by atoms with E-state index in [4.69, 9.17) is 4.74 Å². The summed E-state index contributed by atoms with van der Waals surface area (Å²) in [5, 5.41) is 3.77. The maximum Gasteiger partial charge on any atom is 0.133 e. The largest absolute Gasteiger partial charge is 0.496 e. The Morgan fingerprint density at radius 1 is 1.33 bits per heavy atom. The fourth-order valence-corrected chi connectivity index (χ4v) is 3.86. The van der Waals surface area contributed by atoms with Crippen molar-refractivity contribution in [2.24, 2.45) is 11.8 Å². The van der Waals surface area contributed by atoms with E-state index >= 15 is 0 Å². The quantitative estimate of drug-likeness (QED) is 0.894. The summed E-state index contributed by atoms with van der Waals surface area (Å²) in [4.78, 5) is 2.59. The van der Waals surface area contributed by atoms with Gasteiger partial charge in [0.2, 0.25) is 0 Å². The fraction of sp³-hybridized carbons (Fsp3) is 0.647. The van der Waals surface area contributed by atoms with Crippen molar-refractivity contribution in [3.8, 4) is 5.75 Å². The zero-order valence-corrected chi connectivity index (χ0v) is 14.7. The van der Waals surface area contributed by atoms with Crippen LogP contribution in [0.1, 0.15) is 26.7 Å². The predicted octanol–water partition coefficient (Wildman–Crippen LogP) is 3.67. The third-order valence-electron chi connectivity index (χ3n) is 4.81. The topological polar surface area (TPSA) is 24.5 Å². The average Bonchev–Trinajstić information content (AvgIpc) is 3.31. The summed E-state index contributed by atoms with van der Waals surface area (Å²) in [7, 11) is 1.71. The summed E-state index contributed by atoms with van der Waals surface area (Å²) in [6, 6.07) is 7.66. The Morgan fingerprint density at radius 3 is 2.67 bits per heavy atom. The van der Waals surface area contributed by atoms with E-state index in [1.165, 1.54) is 18.5 Å². The molecule has 0 amide bonds. The van der Waals surface area contributed by atoms with Crippen LogP contribution in [-0.4, -0.2) is 32.3 Å². The second kappa shape index (κ2) is 6.17. The van der Waals surface area contributed by atoms with Crippen LogP contribution in [0.3, 0.4) is 0 Å². The number of nitrogens with one attached hydrogen (secondary N) is 1. The Bertz CT molecular complexity index is 502. The monoisotopic (exact) mass is 352 g/mol. The van der Waals surface area contributed by atoms with Crippen molar-refractivity contribution in [3.05, 3.63) is 22.7 Å². The van der Waals surface area contributed by atoms with Gasteiger partial charge in [0.05, 0.1) is 11.6 Å². The zero-order valence-electron chi connectivity index (χ0n) is 13.1. The van der Waals surface area contributed by atoms with Crippen LogP contribution < -0.4 is 15.0 Å². The Hall–Kier alpha value is -0.740. The van der Waals surface area contributed by atoms with Gasteiger partial charge in [0.15, 0.2) is 0 Å². The molecule has 3 rings (SSSR count). The minimum Gasteiger partial charge on any atom is -0.496 e. The molecule has 0 spiro atoms. The van der Waals surface area contributed by atoms with E-state index in [0.717, 1.165) is 29.2 Å². The van der Waals surface area contributed by atoms with E-state index in [2.05, 4.69) is 58.2 Å². The minimum absolute atomic E-state index is 0.556. The highest BCUT2D eigenvalue weighted by Crippen LogP contribution is 2.37. The Kier molecular flexibility index (Phi) is 4.46. The van der Waals surface area contributed by atoms with E-state index < -0.39 is 0 Å². The van der Waals surface area contributed by atoms with Crippen molar-refractivity contribution in [2.75, 3.05) is 25.1 Å². The van der Waals surface area contributed by atoms with Crippen LogP contribution in [0.25, 0.3) is 0 Å². The highest BCUT2D eigenvalue weighted by Gasteiger charge is 2.38. The molecule has 116 valence electrons. The molecule has 0 radical (unpaired) electrons. The molecule has 1 aromatic carbocycles. The number of nitrogens with zero attached hydrogens (tertiary/aromatic N) is 1. The van der Waals surface area contributed by atoms with Gasteiger partial charge in [0.1, 0.15) is 5.75 Å². The lowest BCUT2D eigenvalue weighted by Crippen LogP contribution is -2.59. The van der Waals surface area contributed by atoms with Crippen LogP contribution in [0.15, 0.2) is 22.7 Å². The summed E-state index contributed by atoms with van der Waals surface area (Å²) in [5.74, 6) is 2.43.